The lowest BCUT2D eigenvalue weighted by Gasteiger charge is -2.11. The van der Waals surface area contributed by atoms with E-state index in [0.717, 1.165) is 25.1 Å². The lowest BCUT2D eigenvalue weighted by atomic mass is 10.1. The van der Waals surface area contributed by atoms with Crippen LogP contribution in [-0.2, 0) is 11.3 Å². The van der Waals surface area contributed by atoms with E-state index in [1.54, 1.807) is 6.20 Å². The Morgan fingerprint density at radius 1 is 1.50 bits per heavy atom. The van der Waals surface area contributed by atoms with Crippen molar-refractivity contribution in [2.24, 2.45) is 5.92 Å². The van der Waals surface area contributed by atoms with E-state index in [0.29, 0.717) is 17.4 Å². The third-order valence-corrected chi connectivity index (χ3v) is 3.25. The van der Waals surface area contributed by atoms with Gasteiger partial charge in [-0.3, -0.25) is 14.3 Å². The quantitative estimate of drug-likeness (QED) is 0.794. The molecular weight excluding hydrogens is 258 g/mol. The first-order valence-electron chi connectivity index (χ1n) is 7.04. The molecule has 6 nitrogen and oxygen atoms in total. The summed E-state index contributed by atoms with van der Waals surface area (Å²) < 4.78 is 1.93. The molecule has 0 radical (unpaired) electrons. The van der Waals surface area contributed by atoms with Crippen molar-refractivity contribution in [3.63, 3.8) is 0 Å². The molecule has 0 bridgehead atoms. The van der Waals surface area contributed by atoms with Crippen LogP contribution in [0.2, 0.25) is 0 Å². The highest BCUT2D eigenvalue weighted by atomic mass is 16.4. The zero-order valence-corrected chi connectivity index (χ0v) is 11.9. The van der Waals surface area contributed by atoms with Crippen LogP contribution in [0.1, 0.15) is 55.1 Å². The number of nitrogens with one attached hydrogen (secondary N) is 1. The highest BCUT2D eigenvalue weighted by molar-refractivity contribution is 5.95. The van der Waals surface area contributed by atoms with Crippen LogP contribution in [0.25, 0.3) is 0 Å². The van der Waals surface area contributed by atoms with E-state index in [4.69, 9.17) is 5.11 Å². The molecule has 0 aliphatic heterocycles. The van der Waals surface area contributed by atoms with Gasteiger partial charge in [-0.2, -0.15) is 5.10 Å². The minimum absolute atomic E-state index is 0.0648. The van der Waals surface area contributed by atoms with Gasteiger partial charge in [0.25, 0.3) is 5.91 Å². The number of hydrogen-bond acceptors (Lipinski definition) is 3. The Hall–Kier alpha value is -1.85. The Labute approximate surface area is 118 Å². The van der Waals surface area contributed by atoms with Crippen molar-refractivity contribution in [1.29, 1.82) is 0 Å². The van der Waals surface area contributed by atoms with Crippen molar-refractivity contribution >= 4 is 11.9 Å². The average Bonchev–Trinajstić information content (AvgIpc) is 3.10. The van der Waals surface area contributed by atoms with Crippen molar-refractivity contribution in [3.8, 4) is 0 Å². The van der Waals surface area contributed by atoms with Crippen LogP contribution in [0, 0.1) is 5.92 Å². The van der Waals surface area contributed by atoms with E-state index >= 15 is 0 Å². The smallest absolute Gasteiger partial charge is 0.305 e. The first-order valence-corrected chi connectivity index (χ1v) is 7.04. The van der Waals surface area contributed by atoms with E-state index in [2.05, 4.69) is 24.3 Å². The number of carbonyl (C=O) groups is 2. The summed E-state index contributed by atoms with van der Waals surface area (Å²) in [6.07, 6.45) is 3.73. The summed E-state index contributed by atoms with van der Waals surface area (Å²) in [4.78, 5) is 22.6. The molecule has 1 aromatic heterocycles. The molecule has 1 heterocycles. The Kier molecular flexibility index (Phi) is 4.42. The van der Waals surface area contributed by atoms with Crippen LogP contribution in [0.5, 0.6) is 0 Å². The number of nitrogens with zero attached hydrogens (tertiary/aromatic N) is 2. The fourth-order valence-electron chi connectivity index (χ4n) is 2.23. The Balaban J connectivity index is 2.08. The molecule has 1 aliphatic carbocycles. The largest absolute Gasteiger partial charge is 0.481 e. The van der Waals surface area contributed by atoms with Crippen LogP contribution >= 0.6 is 0 Å². The number of carbonyl (C=O) groups excluding carboxylic acids is 1. The van der Waals surface area contributed by atoms with Crippen LogP contribution in [0.3, 0.4) is 0 Å². The summed E-state index contributed by atoms with van der Waals surface area (Å²) in [6.45, 7) is 5.18. The molecule has 110 valence electrons. The Morgan fingerprint density at radius 3 is 2.75 bits per heavy atom. The van der Waals surface area contributed by atoms with E-state index in [1.807, 2.05) is 4.68 Å². The molecule has 1 amide bonds. The number of amides is 1. The van der Waals surface area contributed by atoms with Crippen LogP contribution in [0.4, 0.5) is 0 Å². The molecule has 20 heavy (non-hydrogen) atoms. The van der Waals surface area contributed by atoms with Gasteiger partial charge in [-0.15, -0.1) is 0 Å². The third kappa shape index (κ3) is 3.59. The van der Waals surface area contributed by atoms with Gasteiger partial charge in [-0.25, -0.2) is 0 Å². The zero-order valence-electron chi connectivity index (χ0n) is 11.9. The second-order valence-electron chi connectivity index (χ2n) is 5.69. The SMILES string of the molecule is CC(C)Cn1ncc(C(=O)NCCC(=O)O)c1C1CC1. The summed E-state index contributed by atoms with van der Waals surface area (Å²) >= 11 is 0. The van der Waals surface area contributed by atoms with Crippen molar-refractivity contribution in [2.45, 2.75) is 45.6 Å². The van der Waals surface area contributed by atoms with Crippen molar-refractivity contribution in [1.82, 2.24) is 15.1 Å². The molecule has 6 heteroatoms. The lowest BCUT2D eigenvalue weighted by Crippen LogP contribution is -2.26. The van der Waals surface area contributed by atoms with E-state index in [9.17, 15) is 9.59 Å². The highest BCUT2D eigenvalue weighted by Crippen LogP contribution is 2.41. The molecule has 1 fully saturated rings. The maximum absolute atomic E-state index is 12.1. The van der Waals surface area contributed by atoms with Gasteiger partial charge in [0.05, 0.1) is 23.9 Å². The first-order chi connectivity index (χ1) is 9.49. The maximum Gasteiger partial charge on any atom is 0.305 e. The predicted molar refractivity (Wildman–Crippen MR) is 73.6 cm³/mol. The standard InChI is InChI=1S/C14H21N3O3/c1-9(2)8-17-13(10-3-4-10)11(7-16-17)14(20)15-6-5-12(18)19/h7,9-10H,3-6,8H2,1-2H3,(H,15,20)(H,18,19). The molecule has 0 saturated heterocycles. The second kappa shape index (κ2) is 6.07. The fraction of sp³-hybridized carbons (Fsp3) is 0.643. The zero-order chi connectivity index (χ0) is 14.7. The van der Waals surface area contributed by atoms with Gasteiger partial charge < -0.3 is 10.4 Å². The van der Waals surface area contributed by atoms with E-state index < -0.39 is 5.97 Å². The van der Waals surface area contributed by atoms with Crippen LogP contribution in [-0.4, -0.2) is 33.3 Å². The molecule has 2 N–H and O–H groups in total. The summed E-state index contributed by atoms with van der Waals surface area (Å²) in [6, 6.07) is 0. The molecule has 0 aromatic carbocycles. The number of carboxylic acids is 1. The van der Waals surface area contributed by atoms with Crippen molar-refractivity contribution in [2.75, 3.05) is 6.54 Å². The Morgan fingerprint density at radius 2 is 2.20 bits per heavy atom. The third-order valence-electron chi connectivity index (χ3n) is 3.25. The molecule has 0 unspecified atom stereocenters. The normalized spacial score (nSPS) is 14.6. The van der Waals surface area contributed by atoms with Gasteiger partial charge in [-0.1, -0.05) is 13.8 Å². The molecule has 1 aliphatic rings. The van der Waals surface area contributed by atoms with E-state index in [-0.39, 0.29) is 18.9 Å². The van der Waals surface area contributed by atoms with E-state index in [1.165, 1.54) is 0 Å². The average molecular weight is 279 g/mol. The second-order valence-corrected chi connectivity index (χ2v) is 5.69. The van der Waals surface area contributed by atoms with Gasteiger partial charge in [0.2, 0.25) is 0 Å². The van der Waals surface area contributed by atoms with Gasteiger partial charge >= 0.3 is 5.97 Å². The minimum Gasteiger partial charge on any atom is -0.481 e. The number of carboxylic acid groups (broad SMARTS) is 1. The monoisotopic (exact) mass is 279 g/mol. The van der Waals surface area contributed by atoms with Gasteiger partial charge in [0.1, 0.15) is 0 Å². The van der Waals surface area contributed by atoms with Crippen LogP contribution < -0.4 is 5.32 Å². The summed E-state index contributed by atoms with van der Waals surface area (Å²) in [5, 5.41) is 15.6. The topological polar surface area (TPSA) is 84.2 Å². The highest BCUT2D eigenvalue weighted by Gasteiger charge is 2.32. The van der Waals surface area contributed by atoms with Crippen LogP contribution in [0.15, 0.2) is 6.20 Å². The number of aromatic nitrogens is 2. The van der Waals surface area contributed by atoms with Gasteiger partial charge in [0, 0.05) is 19.0 Å². The number of aliphatic carboxylic acids is 1. The Bertz CT molecular complexity index is 504. The lowest BCUT2D eigenvalue weighted by molar-refractivity contribution is -0.136. The van der Waals surface area contributed by atoms with Gasteiger partial charge in [0.15, 0.2) is 0 Å². The maximum atomic E-state index is 12.1. The summed E-state index contributed by atoms with van der Waals surface area (Å²) in [5.41, 5.74) is 1.60. The molecule has 0 spiro atoms. The molecule has 1 aromatic rings. The number of rotatable bonds is 7. The van der Waals surface area contributed by atoms with Crippen molar-refractivity contribution in [3.05, 3.63) is 17.5 Å². The summed E-state index contributed by atoms with van der Waals surface area (Å²) in [5.74, 6) is -0.238. The molecular formula is C14H21N3O3. The minimum atomic E-state index is -0.914. The number of hydrogen-bond donors (Lipinski definition) is 2. The molecule has 1 saturated carbocycles. The fourth-order valence-corrected chi connectivity index (χ4v) is 2.23. The molecule has 2 rings (SSSR count). The predicted octanol–water partition coefficient (Wildman–Crippen LogP) is 1.62. The van der Waals surface area contributed by atoms with Gasteiger partial charge in [-0.05, 0) is 18.8 Å². The summed E-state index contributed by atoms with van der Waals surface area (Å²) in [7, 11) is 0. The molecule has 0 atom stereocenters. The first kappa shape index (κ1) is 14.6. The van der Waals surface area contributed by atoms with Crippen molar-refractivity contribution < 1.29 is 14.7 Å².